The molecule has 14 heteroatoms. The van der Waals surface area contributed by atoms with E-state index in [2.05, 4.69) is 44.9 Å². The van der Waals surface area contributed by atoms with Crippen LogP contribution in [0.15, 0.2) is 82.8 Å². The summed E-state index contributed by atoms with van der Waals surface area (Å²) in [5.74, 6) is 0.936. The van der Waals surface area contributed by atoms with E-state index >= 15 is 0 Å². The van der Waals surface area contributed by atoms with Crippen molar-refractivity contribution in [2.24, 2.45) is 0 Å². The maximum atomic E-state index is 12.1. The van der Waals surface area contributed by atoms with Crippen LogP contribution in [0.5, 0.6) is 0 Å². The summed E-state index contributed by atoms with van der Waals surface area (Å²) in [7, 11) is 0. The molecule has 2 aromatic carbocycles. The maximum absolute atomic E-state index is 12.1. The molecule has 1 saturated carbocycles. The van der Waals surface area contributed by atoms with Gasteiger partial charge in [-0.25, -0.2) is 29.5 Å². The van der Waals surface area contributed by atoms with Crippen LogP contribution in [-0.2, 0) is 9.47 Å². The van der Waals surface area contributed by atoms with Crippen molar-refractivity contribution in [1.82, 2.24) is 30.6 Å². The molecule has 2 aromatic heterocycles. The van der Waals surface area contributed by atoms with Crippen molar-refractivity contribution in [1.29, 1.82) is 0 Å². The van der Waals surface area contributed by atoms with Gasteiger partial charge in [-0.05, 0) is 88.0 Å². The van der Waals surface area contributed by atoms with Crippen molar-refractivity contribution in [3.8, 4) is 0 Å². The number of carbonyl (C=O) groups excluding carboxylic acids is 2. The molecule has 5 rings (SSSR count). The Balaban J connectivity index is 1.42. The second-order valence-electron chi connectivity index (χ2n) is 14.3. The number of aromatic nitrogens is 4. The Hall–Kier alpha value is -3.58. The van der Waals surface area contributed by atoms with Crippen LogP contribution in [0.3, 0.4) is 0 Å². The Bertz CT molecular complexity index is 1690. The van der Waals surface area contributed by atoms with Crippen LogP contribution in [-0.4, -0.2) is 67.9 Å². The highest BCUT2D eigenvalue weighted by atomic mass is 35.5. The van der Waals surface area contributed by atoms with E-state index in [1.54, 1.807) is 0 Å². The summed E-state index contributed by atoms with van der Waals surface area (Å²) in [6.45, 7) is 11.8. The Morgan fingerprint density at radius 2 is 0.981 bits per heavy atom. The molecule has 0 aliphatic heterocycles. The molecular formula is C38H44Cl2N6O4S2. The van der Waals surface area contributed by atoms with Gasteiger partial charge in [-0.3, -0.25) is 0 Å². The number of ether oxygens (including phenoxy) is 2. The molecule has 2 amide bonds. The van der Waals surface area contributed by atoms with Crippen LogP contribution in [0.1, 0.15) is 87.7 Å². The van der Waals surface area contributed by atoms with Crippen LogP contribution in [0.2, 0.25) is 10.6 Å². The fourth-order valence-corrected chi connectivity index (χ4v) is 8.24. The van der Waals surface area contributed by atoms with Gasteiger partial charge in [-0.1, -0.05) is 60.7 Å². The second kappa shape index (κ2) is 17.5. The number of hydrogen-bond acceptors (Lipinski definition) is 10. The van der Waals surface area contributed by atoms with E-state index in [9.17, 15) is 9.59 Å². The number of amides is 2. The molecule has 1 fully saturated rings. The minimum atomic E-state index is -0.574. The molecule has 0 atom stereocenters. The average molecular weight is 784 g/mol. The van der Waals surface area contributed by atoms with Gasteiger partial charge in [-0.2, -0.15) is 0 Å². The van der Waals surface area contributed by atoms with E-state index in [1.807, 2.05) is 90.1 Å². The minimum absolute atomic E-state index is 0.0262. The van der Waals surface area contributed by atoms with Crippen molar-refractivity contribution < 1.29 is 19.1 Å². The monoisotopic (exact) mass is 782 g/mol. The van der Waals surface area contributed by atoms with Crippen LogP contribution < -0.4 is 10.6 Å². The third kappa shape index (κ3) is 11.2. The molecule has 10 nitrogen and oxygen atoms in total. The number of thioether (sulfide) groups is 2. The lowest BCUT2D eigenvalue weighted by Crippen LogP contribution is -2.41. The highest BCUT2D eigenvalue weighted by molar-refractivity contribution is 7.99. The van der Waals surface area contributed by atoms with Gasteiger partial charge in [0, 0.05) is 48.3 Å². The van der Waals surface area contributed by atoms with E-state index in [1.165, 1.54) is 23.5 Å². The molecule has 2 heterocycles. The van der Waals surface area contributed by atoms with Crippen molar-refractivity contribution in [2.45, 2.75) is 86.5 Å². The van der Waals surface area contributed by atoms with Gasteiger partial charge in [0.2, 0.25) is 10.6 Å². The third-order valence-corrected chi connectivity index (χ3v) is 10.2. The quantitative estimate of drug-likeness (QED) is 0.0621. The number of benzene rings is 2. The van der Waals surface area contributed by atoms with Crippen molar-refractivity contribution in [2.75, 3.05) is 24.6 Å². The van der Waals surface area contributed by atoms with Gasteiger partial charge < -0.3 is 20.1 Å². The van der Waals surface area contributed by atoms with E-state index in [4.69, 9.17) is 42.6 Å². The zero-order chi connectivity index (χ0) is 37.5. The van der Waals surface area contributed by atoms with E-state index in [0.717, 1.165) is 22.5 Å². The van der Waals surface area contributed by atoms with Gasteiger partial charge >= 0.3 is 12.2 Å². The molecule has 2 N–H and O–H groups in total. The number of nitrogens with one attached hydrogen (secondary N) is 2. The Labute approximate surface area is 324 Å². The zero-order valence-electron chi connectivity index (χ0n) is 30.1. The predicted octanol–water partition coefficient (Wildman–Crippen LogP) is 9.26. The van der Waals surface area contributed by atoms with Crippen molar-refractivity contribution in [3.63, 3.8) is 0 Å². The second-order valence-corrected chi connectivity index (χ2v) is 17.2. The van der Waals surface area contributed by atoms with Gasteiger partial charge in [-0.15, -0.1) is 23.5 Å². The Morgan fingerprint density at radius 3 is 1.33 bits per heavy atom. The molecule has 1 aliphatic rings. The predicted molar refractivity (Wildman–Crippen MR) is 208 cm³/mol. The largest absolute Gasteiger partial charge is 0.444 e. The van der Waals surface area contributed by atoms with Gasteiger partial charge in [0.15, 0.2) is 0 Å². The number of rotatable bonds is 12. The summed E-state index contributed by atoms with van der Waals surface area (Å²) in [5.41, 5.74) is 2.78. The SMILES string of the molecule is CC(C)(C)OC(=O)NCCSc1cc(C2C(c3ccccc3)C(c3cc(SCCNC(=O)OC(C)(C)C)nc(Cl)n3)C2c2ccccc2)nc(Cl)n1. The van der Waals surface area contributed by atoms with Crippen molar-refractivity contribution >= 4 is 58.9 Å². The lowest BCUT2D eigenvalue weighted by atomic mass is 9.50. The van der Waals surface area contributed by atoms with Crippen molar-refractivity contribution in [3.05, 3.63) is 106 Å². The Kier molecular flexibility index (Phi) is 13.3. The van der Waals surface area contributed by atoms with Gasteiger partial charge in [0.1, 0.15) is 21.3 Å². The molecule has 0 unspecified atom stereocenters. The highest BCUT2D eigenvalue weighted by Crippen LogP contribution is 2.66. The molecule has 4 aromatic rings. The Morgan fingerprint density at radius 1 is 0.615 bits per heavy atom. The fourth-order valence-electron chi connectivity index (χ4n) is 6.23. The highest BCUT2D eigenvalue weighted by Gasteiger charge is 2.54. The smallest absolute Gasteiger partial charge is 0.407 e. The molecule has 0 bridgehead atoms. The normalized spacial score (nSPS) is 18.6. The van der Waals surface area contributed by atoms with E-state index < -0.39 is 23.4 Å². The number of alkyl carbamates (subject to hydrolysis) is 2. The summed E-state index contributed by atoms with van der Waals surface area (Å²) in [6, 6.07) is 24.7. The van der Waals surface area contributed by atoms with Crippen LogP contribution in [0, 0.1) is 0 Å². The van der Waals surface area contributed by atoms with Crippen LogP contribution >= 0.6 is 46.7 Å². The maximum Gasteiger partial charge on any atom is 0.407 e. The molecular weight excluding hydrogens is 739 g/mol. The molecule has 52 heavy (non-hydrogen) atoms. The first kappa shape index (κ1) is 39.6. The number of halogens is 2. The number of nitrogens with zero attached hydrogens (tertiary/aromatic N) is 4. The zero-order valence-corrected chi connectivity index (χ0v) is 33.2. The average Bonchev–Trinajstić information content (AvgIpc) is 3.04. The summed E-state index contributed by atoms with van der Waals surface area (Å²) < 4.78 is 10.7. The first-order valence-corrected chi connectivity index (χ1v) is 19.8. The minimum Gasteiger partial charge on any atom is -0.444 e. The summed E-state index contributed by atoms with van der Waals surface area (Å²) in [6.07, 6.45) is -0.925. The third-order valence-electron chi connectivity index (χ3n) is 8.03. The lowest BCUT2D eigenvalue weighted by molar-refractivity contribution is 0.0519. The van der Waals surface area contributed by atoms with Gasteiger partial charge in [0.05, 0.1) is 11.4 Å². The number of hydrogen-bond donors (Lipinski definition) is 2. The summed E-state index contributed by atoms with van der Waals surface area (Å²) >= 11 is 16.2. The molecule has 1 aliphatic carbocycles. The summed E-state index contributed by atoms with van der Waals surface area (Å²) in [4.78, 5) is 42.9. The number of carbonyl (C=O) groups is 2. The molecule has 0 spiro atoms. The standard InChI is InChI=1S/C38H44Cl2N6O4S2/c1-37(2,3)49-35(47)41-17-19-51-27-21-25(43-33(39)45-27)31-29(23-13-9-7-10-14-23)32(30(31)24-15-11-8-12-16-24)26-22-28(46-34(40)44-26)52-20-18-42-36(48)50-38(4,5)6/h7-16,21-22,29-32H,17-20H2,1-6H3,(H,41,47)(H,42,48). The van der Waals surface area contributed by atoms with E-state index in [0.29, 0.717) is 34.6 Å². The topological polar surface area (TPSA) is 128 Å². The molecule has 0 saturated heterocycles. The summed E-state index contributed by atoms with van der Waals surface area (Å²) in [5, 5.41) is 7.34. The lowest BCUT2D eigenvalue weighted by Gasteiger charge is -2.52. The van der Waals surface area contributed by atoms with Crippen LogP contribution in [0.25, 0.3) is 0 Å². The van der Waals surface area contributed by atoms with Gasteiger partial charge in [0.25, 0.3) is 0 Å². The first-order chi connectivity index (χ1) is 24.7. The molecule has 0 radical (unpaired) electrons. The van der Waals surface area contributed by atoms with Crippen LogP contribution in [0.4, 0.5) is 9.59 Å². The molecule has 276 valence electrons. The van der Waals surface area contributed by atoms with E-state index in [-0.39, 0.29) is 34.2 Å². The first-order valence-electron chi connectivity index (χ1n) is 17.0. The fraction of sp³-hybridized carbons (Fsp3) is 0.421.